The first-order valence-corrected chi connectivity index (χ1v) is 9.97. The molecule has 2 amide bonds. The number of hydrogen-bond donors (Lipinski definition) is 0. The van der Waals surface area contributed by atoms with Gasteiger partial charge in [-0.25, -0.2) is 0 Å². The van der Waals surface area contributed by atoms with Gasteiger partial charge in [0.15, 0.2) is 0 Å². The van der Waals surface area contributed by atoms with Gasteiger partial charge in [-0.3, -0.25) is 14.5 Å². The SMILES string of the molecule is Cc1ccc(C(C)(C)C)cc1SCCCN1C(=O)c2ccccc2C1=O. The summed E-state index contributed by atoms with van der Waals surface area (Å²) in [5, 5.41) is 0. The summed E-state index contributed by atoms with van der Waals surface area (Å²) in [4.78, 5) is 27.4. The van der Waals surface area contributed by atoms with Gasteiger partial charge in [-0.2, -0.15) is 0 Å². The minimum absolute atomic E-state index is 0.128. The van der Waals surface area contributed by atoms with Gasteiger partial charge in [0.2, 0.25) is 0 Å². The number of fused-ring (bicyclic) bond motifs is 1. The molecule has 136 valence electrons. The minimum Gasteiger partial charge on any atom is -0.274 e. The van der Waals surface area contributed by atoms with E-state index in [0.717, 1.165) is 12.2 Å². The quantitative estimate of drug-likeness (QED) is 0.420. The molecule has 1 heterocycles. The average Bonchev–Trinajstić information content (AvgIpc) is 2.84. The Morgan fingerprint density at radius 2 is 1.58 bits per heavy atom. The normalized spacial score (nSPS) is 14.1. The van der Waals surface area contributed by atoms with Gasteiger partial charge >= 0.3 is 0 Å². The van der Waals surface area contributed by atoms with Crippen molar-refractivity contribution in [1.82, 2.24) is 4.90 Å². The largest absolute Gasteiger partial charge is 0.274 e. The molecule has 0 saturated carbocycles. The third-order valence-corrected chi connectivity index (χ3v) is 5.96. The molecule has 26 heavy (non-hydrogen) atoms. The third-order valence-electron chi connectivity index (χ3n) is 4.72. The molecule has 1 aliphatic heterocycles. The Balaban J connectivity index is 1.59. The summed E-state index contributed by atoms with van der Waals surface area (Å²) in [7, 11) is 0. The van der Waals surface area contributed by atoms with Crippen LogP contribution in [0.5, 0.6) is 0 Å². The van der Waals surface area contributed by atoms with Crippen LogP contribution in [0.1, 0.15) is 59.0 Å². The van der Waals surface area contributed by atoms with Crippen LogP contribution in [0.4, 0.5) is 0 Å². The van der Waals surface area contributed by atoms with Crippen molar-refractivity contribution in [2.24, 2.45) is 0 Å². The second-order valence-electron chi connectivity index (χ2n) is 7.74. The molecule has 0 unspecified atom stereocenters. The Hall–Kier alpha value is -2.07. The number of hydrogen-bond acceptors (Lipinski definition) is 3. The smallest absolute Gasteiger partial charge is 0.261 e. The second-order valence-corrected chi connectivity index (χ2v) is 8.88. The molecule has 1 aliphatic rings. The Labute approximate surface area is 159 Å². The molecule has 2 aromatic carbocycles. The molecule has 3 rings (SSSR count). The van der Waals surface area contributed by atoms with Gasteiger partial charge < -0.3 is 0 Å². The van der Waals surface area contributed by atoms with Crippen molar-refractivity contribution in [3.05, 3.63) is 64.7 Å². The standard InChI is InChI=1S/C22H25NO2S/c1-15-10-11-16(22(2,3)4)14-19(15)26-13-7-12-23-20(24)17-8-5-6-9-18(17)21(23)25/h5-6,8-11,14H,7,12-13H2,1-4H3. The third kappa shape index (κ3) is 3.70. The fourth-order valence-electron chi connectivity index (χ4n) is 3.07. The van der Waals surface area contributed by atoms with Crippen LogP contribution in [0.25, 0.3) is 0 Å². The van der Waals surface area contributed by atoms with E-state index < -0.39 is 0 Å². The molecule has 0 fully saturated rings. The van der Waals surface area contributed by atoms with Crippen LogP contribution in [-0.2, 0) is 5.41 Å². The van der Waals surface area contributed by atoms with Crippen LogP contribution >= 0.6 is 11.8 Å². The summed E-state index contributed by atoms with van der Waals surface area (Å²) in [6, 6.07) is 13.7. The van der Waals surface area contributed by atoms with Crippen LogP contribution in [0.2, 0.25) is 0 Å². The molecule has 0 aromatic heterocycles. The summed E-state index contributed by atoms with van der Waals surface area (Å²) in [6.45, 7) is 9.24. The Morgan fingerprint density at radius 1 is 0.962 bits per heavy atom. The lowest BCUT2D eigenvalue weighted by Crippen LogP contribution is -2.31. The highest BCUT2D eigenvalue weighted by molar-refractivity contribution is 7.99. The number of rotatable bonds is 5. The molecule has 0 radical (unpaired) electrons. The summed E-state index contributed by atoms with van der Waals surface area (Å²) in [6.07, 6.45) is 0.787. The van der Waals surface area contributed by atoms with Crippen molar-refractivity contribution in [3.8, 4) is 0 Å². The van der Waals surface area contributed by atoms with E-state index in [1.54, 1.807) is 36.0 Å². The zero-order valence-corrected chi connectivity index (χ0v) is 16.7. The van der Waals surface area contributed by atoms with Crippen LogP contribution in [0.3, 0.4) is 0 Å². The Morgan fingerprint density at radius 3 is 2.15 bits per heavy atom. The average molecular weight is 368 g/mol. The minimum atomic E-state index is -0.165. The zero-order valence-electron chi connectivity index (χ0n) is 15.8. The molecule has 3 nitrogen and oxygen atoms in total. The zero-order chi connectivity index (χ0) is 18.9. The second kappa shape index (κ2) is 7.28. The Bertz CT molecular complexity index is 816. The first-order chi connectivity index (χ1) is 12.3. The molecule has 0 aliphatic carbocycles. The lowest BCUT2D eigenvalue weighted by atomic mass is 9.87. The van der Waals surface area contributed by atoms with E-state index in [9.17, 15) is 9.59 Å². The summed E-state index contributed by atoms with van der Waals surface area (Å²) in [5.74, 6) is 0.546. The van der Waals surface area contributed by atoms with Crippen molar-refractivity contribution >= 4 is 23.6 Å². The molecule has 4 heteroatoms. The predicted octanol–water partition coefficient (Wildman–Crippen LogP) is 5.07. The molecule has 0 N–H and O–H groups in total. The number of amides is 2. The predicted molar refractivity (Wildman–Crippen MR) is 107 cm³/mol. The first-order valence-electron chi connectivity index (χ1n) is 8.98. The van der Waals surface area contributed by atoms with Crippen LogP contribution in [-0.4, -0.2) is 29.0 Å². The lowest BCUT2D eigenvalue weighted by molar-refractivity contribution is 0.0655. The maximum Gasteiger partial charge on any atom is 0.261 e. The maximum absolute atomic E-state index is 12.4. The molecule has 0 atom stereocenters. The van der Waals surface area contributed by atoms with E-state index in [2.05, 4.69) is 45.9 Å². The lowest BCUT2D eigenvalue weighted by Gasteiger charge is -2.20. The van der Waals surface area contributed by atoms with Gasteiger partial charge in [-0.05, 0) is 53.8 Å². The maximum atomic E-state index is 12.4. The molecule has 2 aromatic rings. The van der Waals surface area contributed by atoms with E-state index in [1.807, 2.05) is 0 Å². The number of benzene rings is 2. The van der Waals surface area contributed by atoms with Crippen LogP contribution in [0, 0.1) is 6.92 Å². The molecule has 0 spiro atoms. The van der Waals surface area contributed by atoms with Gasteiger partial charge in [0, 0.05) is 11.4 Å². The topological polar surface area (TPSA) is 37.4 Å². The molecule has 0 bridgehead atoms. The monoisotopic (exact) mass is 367 g/mol. The van der Waals surface area contributed by atoms with Crippen molar-refractivity contribution in [1.29, 1.82) is 0 Å². The molecular weight excluding hydrogens is 342 g/mol. The molecular formula is C22H25NO2S. The van der Waals surface area contributed by atoms with Crippen LogP contribution in [0.15, 0.2) is 47.4 Å². The van der Waals surface area contributed by atoms with Gasteiger partial charge in [0.25, 0.3) is 11.8 Å². The number of nitrogens with zero attached hydrogens (tertiary/aromatic N) is 1. The fourth-order valence-corrected chi connectivity index (χ4v) is 4.07. The van der Waals surface area contributed by atoms with E-state index in [4.69, 9.17) is 0 Å². The van der Waals surface area contributed by atoms with Gasteiger partial charge in [0.05, 0.1) is 11.1 Å². The number of aryl methyl sites for hydroxylation is 1. The number of imide groups is 1. The highest BCUT2D eigenvalue weighted by Gasteiger charge is 2.34. The number of carbonyl (C=O) groups excluding carboxylic acids is 2. The van der Waals surface area contributed by atoms with Gasteiger partial charge in [-0.15, -0.1) is 11.8 Å². The Kier molecular flexibility index (Phi) is 5.24. The summed E-state index contributed by atoms with van der Waals surface area (Å²) < 4.78 is 0. The van der Waals surface area contributed by atoms with Gasteiger partial charge in [-0.1, -0.05) is 45.0 Å². The van der Waals surface area contributed by atoms with Crippen molar-refractivity contribution in [2.45, 2.75) is 44.4 Å². The van der Waals surface area contributed by atoms with Crippen molar-refractivity contribution in [3.63, 3.8) is 0 Å². The first kappa shape index (κ1) is 18.7. The van der Waals surface area contributed by atoms with E-state index in [-0.39, 0.29) is 17.2 Å². The molecule has 0 saturated heterocycles. The summed E-state index contributed by atoms with van der Waals surface area (Å²) >= 11 is 1.80. The number of carbonyl (C=O) groups is 2. The summed E-state index contributed by atoms with van der Waals surface area (Å²) in [5.41, 5.74) is 3.77. The van der Waals surface area contributed by atoms with Gasteiger partial charge in [0.1, 0.15) is 0 Å². The fraction of sp³-hybridized carbons (Fsp3) is 0.364. The highest BCUT2D eigenvalue weighted by Crippen LogP contribution is 2.30. The van der Waals surface area contributed by atoms with Crippen molar-refractivity contribution in [2.75, 3.05) is 12.3 Å². The van der Waals surface area contributed by atoms with E-state index in [1.165, 1.54) is 20.9 Å². The van der Waals surface area contributed by atoms with Crippen LogP contribution < -0.4 is 0 Å². The van der Waals surface area contributed by atoms with E-state index in [0.29, 0.717) is 17.7 Å². The van der Waals surface area contributed by atoms with Crippen molar-refractivity contribution < 1.29 is 9.59 Å². The van der Waals surface area contributed by atoms with E-state index >= 15 is 0 Å². The number of thioether (sulfide) groups is 1. The highest BCUT2D eigenvalue weighted by atomic mass is 32.2.